The topological polar surface area (TPSA) is 132 Å². The number of phosphoric ester groups is 1. The molecule has 10 heteroatoms. The molecule has 0 aliphatic heterocycles. The molecule has 0 aliphatic carbocycles. The molecule has 0 spiro atoms. The summed E-state index contributed by atoms with van der Waals surface area (Å²) in [6.45, 7) is 3.56. The minimum absolute atomic E-state index is 0.0500. The van der Waals surface area contributed by atoms with Crippen LogP contribution in [0.2, 0.25) is 0 Å². The highest BCUT2D eigenvalue weighted by Crippen LogP contribution is 2.43. The van der Waals surface area contributed by atoms with Gasteiger partial charge in [-0.3, -0.25) is 13.8 Å². The highest BCUT2D eigenvalue weighted by Gasteiger charge is 2.26. The lowest BCUT2D eigenvalue weighted by molar-refractivity contribution is -0.154. The lowest BCUT2D eigenvalue weighted by Gasteiger charge is -2.20. The number of rotatable bonds is 50. The van der Waals surface area contributed by atoms with Gasteiger partial charge in [-0.1, -0.05) is 205 Å². The van der Waals surface area contributed by atoms with E-state index in [2.05, 4.69) is 38.2 Å². The smallest absolute Gasteiger partial charge is 0.457 e. The van der Waals surface area contributed by atoms with Crippen molar-refractivity contribution in [2.75, 3.05) is 33.0 Å². The molecule has 0 aromatic carbocycles. The summed E-state index contributed by atoms with van der Waals surface area (Å²) in [7, 11) is -4.52. The average Bonchev–Trinajstić information content (AvgIpc) is 3.25. The van der Waals surface area contributed by atoms with Gasteiger partial charge in [-0.25, -0.2) is 4.57 Å². The Bertz CT molecular complexity index is 1010. The van der Waals surface area contributed by atoms with E-state index >= 15 is 0 Å². The van der Waals surface area contributed by atoms with Crippen LogP contribution in [0.15, 0.2) is 24.3 Å². The number of aliphatic hydroxyl groups excluding tert-OH is 2. The van der Waals surface area contributed by atoms with E-state index in [-0.39, 0.29) is 25.6 Å². The van der Waals surface area contributed by atoms with Gasteiger partial charge in [0, 0.05) is 13.0 Å². The summed E-state index contributed by atoms with van der Waals surface area (Å²) in [6.07, 6.45) is 52.9. The quantitative estimate of drug-likeness (QED) is 0.0236. The van der Waals surface area contributed by atoms with Crippen LogP contribution in [0.5, 0.6) is 0 Å². The number of carbonyl (C=O) groups excluding carboxylic acids is 1. The van der Waals surface area contributed by atoms with E-state index < -0.39 is 33.2 Å². The molecule has 0 bridgehead atoms. The van der Waals surface area contributed by atoms with Crippen molar-refractivity contribution in [3.63, 3.8) is 0 Å². The first-order chi connectivity index (χ1) is 29.8. The van der Waals surface area contributed by atoms with Crippen LogP contribution in [-0.2, 0) is 27.9 Å². The van der Waals surface area contributed by atoms with Crippen LogP contribution in [-0.4, -0.2) is 66.3 Å². The van der Waals surface area contributed by atoms with Gasteiger partial charge in [0.2, 0.25) is 0 Å². The Balaban J connectivity index is 4.05. The molecular weight excluding hydrogens is 788 g/mol. The summed E-state index contributed by atoms with van der Waals surface area (Å²) in [5, 5.41) is 18.4. The monoisotopic (exact) mass is 887 g/mol. The molecule has 0 saturated heterocycles. The van der Waals surface area contributed by atoms with E-state index in [1.54, 1.807) is 0 Å². The number of hydrogen-bond acceptors (Lipinski definition) is 8. The second kappa shape index (κ2) is 48.4. The van der Waals surface area contributed by atoms with Crippen molar-refractivity contribution in [1.82, 2.24) is 0 Å². The Morgan fingerprint density at radius 1 is 0.492 bits per heavy atom. The molecule has 61 heavy (non-hydrogen) atoms. The maximum atomic E-state index is 12.7. The van der Waals surface area contributed by atoms with Crippen molar-refractivity contribution in [3.8, 4) is 0 Å². The molecule has 0 radical (unpaired) electrons. The van der Waals surface area contributed by atoms with Crippen molar-refractivity contribution in [1.29, 1.82) is 0 Å². The second-order valence-corrected chi connectivity index (χ2v) is 19.0. The molecule has 0 aromatic rings. The number of ether oxygens (including phenoxy) is 2. The van der Waals surface area contributed by atoms with Crippen LogP contribution in [0.25, 0.3) is 0 Å². The first kappa shape index (κ1) is 59.9. The molecule has 0 aromatic heterocycles. The largest absolute Gasteiger partial charge is 0.472 e. The fraction of sp³-hybridized carbons (Fsp3) is 0.902. The molecule has 0 saturated carbocycles. The van der Waals surface area contributed by atoms with Gasteiger partial charge in [-0.05, 0) is 64.2 Å². The number of phosphoric acid groups is 1. The molecular formula is C51H99O9P. The van der Waals surface area contributed by atoms with Crippen molar-refractivity contribution in [3.05, 3.63) is 24.3 Å². The highest BCUT2D eigenvalue weighted by molar-refractivity contribution is 7.47. The zero-order valence-corrected chi connectivity index (χ0v) is 40.8. The van der Waals surface area contributed by atoms with Crippen molar-refractivity contribution in [2.45, 2.75) is 264 Å². The van der Waals surface area contributed by atoms with Crippen LogP contribution >= 0.6 is 7.82 Å². The van der Waals surface area contributed by atoms with E-state index in [1.165, 1.54) is 180 Å². The predicted molar refractivity (Wildman–Crippen MR) is 256 cm³/mol. The highest BCUT2D eigenvalue weighted by atomic mass is 31.2. The number of hydrogen-bond donors (Lipinski definition) is 3. The zero-order chi connectivity index (χ0) is 44.6. The van der Waals surface area contributed by atoms with Crippen LogP contribution in [0.4, 0.5) is 0 Å². The van der Waals surface area contributed by atoms with E-state index in [4.69, 9.17) is 23.6 Å². The molecule has 3 N–H and O–H groups in total. The Morgan fingerprint density at radius 2 is 0.836 bits per heavy atom. The summed E-state index contributed by atoms with van der Waals surface area (Å²) in [5.41, 5.74) is 0. The zero-order valence-electron chi connectivity index (χ0n) is 39.9. The number of esters is 1. The van der Waals surface area contributed by atoms with Crippen molar-refractivity contribution in [2.24, 2.45) is 0 Å². The number of unbranched alkanes of at least 4 members (excludes halogenated alkanes) is 32. The summed E-state index contributed by atoms with van der Waals surface area (Å²) in [6, 6.07) is 0. The van der Waals surface area contributed by atoms with Crippen molar-refractivity contribution >= 4 is 13.8 Å². The minimum Gasteiger partial charge on any atom is -0.457 e. The van der Waals surface area contributed by atoms with Gasteiger partial charge in [-0.2, -0.15) is 0 Å². The molecule has 3 atom stereocenters. The fourth-order valence-corrected chi connectivity index (χ4v) is 8.20. The summed E-state index contributed by atoms with van der Waals surface area (Å²) in [5.74, 6) is -0.383. The minimum atomic E-state index is -4.52. The standard InChI is InChI=1S/C51H99O9P/c1-3-5-7-9-11-13-15-17-19-21-23-24-25-26-28-30-32-34-36-38-40-42-44-57-47-50(48-59-61(55,56)58-46-49(53)45-52)60-51(54)43-41-39-37-35-33-31-29-27-22-20-18-16-14-12-10-8-6-4-2/h20-23,49-50,52-53H,3-19,24-48H2,1-2H3,(H,55,56)/b22-20-,23-21-. The van der Waals surface area contributed by atoms with Gasteiger partial charge >= 0.3 is 13.8 Å². The van der Waals surface area contributed by atoms with Crippen LogP contribution in [0.3, 0.4) is 0 Å². The lowest BCUT2D eigenvalue weighted by Crippen LogP contribution is -2.29. The van der Waals surface area contributed by atoms with Gasteiger partial charge in [-0.15, -0.1) is 0 Å². The first-order valence-corrected chi connectivity index (χ1v) is 27.3. The third-order valence-electron chi connectivity index (χ3n) is 11.4. The second-order valence-electron chi connectivity index (χ2n) is 17.5. The fourth-order valence-electron chi connectivity index (χ4n) is 7.41. The summed E-state index contributed by atoms with van der Waals surface area (Å²) >= 11 is 0. The van der Waals surface area contributed by atoms with Gasteiger partial charge in [0.15, 0.2) is 0 Å². The molecule has 0 amide bonds. The summed E-state index contributed by atoms with van der Waals surface area (Å²) in [4.78, 5) is 22.7. The van der Waals surface area contributed by atoms with E-state index in [0.29, 0.717) is 6.61 Å². The molecule has 0 heterocycles. The number of aliphatic hydroxyl groups is 2. The third-order valence-corrected chi connectivity index (χ3v) is 12.3. The number of carbonyl (C=O) groups is 1. The van der Waals surface area contributed by atoms with Gasteiger partial charge in [0.25, 0.3) is 0 Å². The Morgan fingerprint density at radius 3 is 1.23 bits per heavy atom. The third kappa shape index (κ3) is 48.2. The Labute approximate surface area is 376 Å². The van der Waals surface area contributed by atoms with Crippen molar-refractivity contribution < 1.29 is 43.0 Å². The van der Waals surface area contributed by atoms with Crippen LogP contribution < -0.4 is 0 Å². The van der Waals surface area contributed by atoms with E-state index in [1.807, 2.05) is 0 Å². The first-order valence-electron chi connectivity index (χ1n) is 25.8. The molecule has 0 fully saturated rings. The molecule has 362 valence electrons. The van der Waals surface area contributed by atoms with E-state index in [9.17, 15) is 19.4 Å². The van der Waals surface area contributed by atoms with Gasteiger partial charge < -0.3 is 24.6 Å². The molecule has 0 rings (SSSR count). The predicted octanol–water partition coefficient (Wildman–Crippen LogP) is 15.0. The van der Waals surface area contributed by atoms with E-state index in [0.717, 1.165) is 51.4 Å². The Kier molecular flexibility index (Phi) is 47.6. The molecule has 3 unspecified atom stereocenters. The lowest BCUT2D eigenvalue weighted by atomic mass is 10.1. The maximum absolute atomic E-state index is 12.7. The average molecular weight is 887 g/mol. The van der Waals surface area contributed by atoms with Crippen LogP contribution in [0, 0.1) is 0 Å². The molecule has 9 nitrogen and oxygen atoms in total. The SMILES string of the molecule is CCCCCCCCC/C=C\CCCCCCCCCC(=O)OC(COCCCCCCCCCCCC/C=C\CCCCCCCCCC)COP(=O)(O)OCC(O)CO. The van der Waals surface area contributed by atoms with Gasteiger partial charge in [0.1, 0.15) is 12.2 Å². The number of allylic oxidation sites excluding steroid dienone is 4. The normalized spacial score (nSPS) is 14.0. The summed E-state index contributed by atoms with van der Waals surface area (Å²) < 4.78 is 33.5. The Hall–Kier alpha value is -1.06. The van der Waals surface area contributed by atoms with Crippen LogP contribution in [0.1, 0.15) is 251 Å². The maximum Gasteiger partial charge on any atom is 0.472 e. The molecule has 0 aliphatic rings. The van der Waals surface area contributed by atoms with Gasteiger partial charge in [0.05, 0.1) is 26.4 Å².